The van der Waals surface area contributed by atoms with Gasteiger partial charge in [0.2, 0.25) is 0 Å². The van der Waals surface area contributed by atoms with Gasteiger partial charge in [-0.2, -0.15) is 5.26 Å². The molecule has 0 aliphatic heterocycles. The van der Waals surface area contributed by atoms with Crippen LogP contribution in [0.15, 0.2) is 24.3 Å². The van der Waals surface area contributed by atoms with Gasteiger partial charge in [0, 0.05) is 6.04 Å². The summed E-state index contributed by atoms with van der Waals surface area (Å²) in [7, 11) is 0. The summed E-state index contributed by atoms with van der Waals surface area (Å²) >= 11 is 0. The molecule has 1 fully saturated rings. The minimum absolute atomic E-state index is 0.00534. The first-order chi connectivity index (χ1) is 8.78. The number of carbonyl (C=O) groups excluding carboxylic acids is 1. The minimum Gasteiger partial charge on any atom is -0.484 e. The lowest BCUT2D eigenvalue weighted by Gasteiger charge is -2.12. The Bertz CT molecular complexity index is 459. The maximum Gasteiger partial charge on any atom is 0.258 e. The molecule has 0 bridgehead atoms. The van der Waals surface area contributed by atoms with Crippen LogP contribution in [0.4, 0.5) is 0 Å². The molecule has 1 saturated carbocycles. The molecule has 1 aliphatic carbocycles. The number of rotatable bonds is 4. The van der Waals surface area contributed by atoms with Crippen LogP contribution in [-0.2, 0) is 4.79 Å². The average Bonchev–Trinajstić information content (AvgIpc) is 2.89. The predicted molar refractivity (Wildman–Crippen MR) is 67.1 cm³/mol. The van der Waals surface area contributed by atoms with Crippen molar-refractivity contribution in [1.82, 2.24) is 5.32 Å². The van der Waals surface area contributed by atoms with Gasteiger partial charge in [0.15, 0.2) is 6.61 Å². The number of benzene rings is 1. The topological polar surface area (TPSA) is 62.1 Å². The quantitative estimate of drug-likeness (QED) is 0.881. The first-order valence-electron chi connectivity index (χ1n) is 6.20. The zero-order valence-electron chi connectivity index (χ0n) is 10.2. The van der Waals surface area contributed by atoms with E-state index in [4.69, 9.17) is 10.00 Å². The third-order valence-electron chi connectivity index (χ3n) is 3.05. The Morgan fingerprint density at radius 1 is 1.44 bits per heavy atom. The van der Waals surface area contributed by atoms with Crippen LogP contribution in [0.2, 0.25) is 0 Å². The highest BCUT2D eigenvalue weighted by Crippen LogP contribution is 2.17. The summed E-state index contributed by atoms with van der Waals surface area (Å²) in [4.78, 5) is 11.6. The van der Waals surface area contributed by atoms with Crippen molar-refractivity contribution in [2.45, 2.75) is 31.7 Å². The molecule has 18 heavy (non-hydrogen) atoms. The third kappa shape index (κ3) is 3.49. The fraction of sp³-hybridized carbons (Fsp3) is 0.429. The van der Waals surface area contributed by atoms with Crippen LogP contribution in [0.5, 0.6) is 5.75 Å². The summed E-state index contributed by atoms with van der Waals surface area (Å²) in [6.45, 7) is 0.00534. The number of nitriles is 1. The maximum absolute atomic E-state index is 11.6. The van der Waals surface area contributed by atoms with Crippen LogP contribution in [0.1, 0.15) is 31.2 Å². The number of nitrogens with one attached hydrogen (secondary N) is 1. The summed E-state index contributed by atoms with van der Waals surface area (Å²) in [6, 6.07) is 9.15. The van der Waals surface area contributed by atoms with E-state index in [0.717, 1.165) is 12.8 Å². The zero-order valence-corrected chi connectivity index (χ0v) is 10.2. The first-order valence-corrected chi connectivity index (χ1v) is 6.20. The maximum atomic E-state index is 11.6. The highest BCUT2D eigenvalue weighted by atomic mass is 16.5. The van der Waals surface area contributed by atoms with Gasteiger partial charge in [0.1, 0.15) is 5.75 Å². The van der Waals surface area contributed by atoms with E-state index in [1.165, 1.54) is 12.8 Å². The fourth-order valence-electron chi connectivity index (χ4n) is 2.14. The number of nitrogens with zero attached hydrogens (tertiary/aromatic N) is 1. The molecule has 94 valence electrons. The van der Waals surface area contributed by atoms with Crippen molar-refractivity contribution in [3.05, 3.63) is 29.8 Å². The zero-order chi connectivity index (χ0) is 12.8. The Morgan fingerprint density at radius 2 is 2.22 bits per heavy atom. The monoisotopic (exact) mass is 244 g/mol. The molecule has 4 nitrogen and oxygen atoms in total. The van der Waals surface area contributed by atoms with Gasteiger partial charge in [0.05, 0.1) is 11.6 Å². The van der Waals surface area contributed by atoms with Crippen LogP contribution >= 0.6 is 0 Å². The van der Waals surface area contributed by atoms with Crippen molar-refractivity contribution in [2.24, 2.45) is 0 Å². The molecule has 0 radical (unpaired) electrons. The second-order valence-electron chi connectivity index (χ2n) is 4.48. The molecular weight excluding hydrogens is 228 g/mol. The largest absolute Gasteiger partial charge is 0.484 e. The third-order valence-corrected chi connectivity index (χ3v) is 3.05. The molecule has 1 N–H and O–H groups in total. The lowest BCUT2D eigenvalue weighted by molar-refractivity contribution is -0.123. The number of amides is 1. The van der Waals surface area contributed by atoms with Crippen molar-refractivity contribution in [2.75, 3.05) is 6.61 Å². The highest BCUT2D eigenvalue weighted by molar-refractivity contribution is 5.77. The van der Waals surface area contributed by atoms with E-state index in [0.29, 0.717) is 17.4 Å². The molecule has 4 heteroatoms. The molecule has 0 aromatic heterocycles. The second kappa shape index (κ2) is 6.06. The van der Waals surface area contributed by atoms with Gasteiger partial charge in [-0.1, -0.05) is 18.9 Å². The Morgan fingerprint density at radius 3 is 2.94 bits per heavy atom. The molecule has 1 aromatic carbocycles. The van der Waals surface area contributed by atoms with Gasteiger partial charge in [-0.15, -0.1) is 0 Å². The van der Waals surface area contributed by atoms with E-state index >= 15 is 0 Å². The van der Waals surface area contributed by atoms with E-state index in [2.05, 4.69) is 5.32 Å². The molecule has 0 atom stereocenters. The van der Waals surface area contributed by atoms with Crippen LogP contribution in [0.3, 0.4) is 0 Å². The number of ether oxygens (including phenoxy) is 1. The summed E-state index contributed by atoms with van der Waals surface area (Å²) < 4.78 is 5.36. The Labute approximate surface area is 107 Å². The number of hydrogen-bond acceptors (Lipinski definition) is 3. The molecule has 1 amide bonds. The van der Waals surface area contributed by atoms with Crippen LogP contribution in [0.25, 0.3) is 0 Å². The first kappa shape index (κ1) is 12.4. The Kier molecular flexibility index (Phi) is 4.19. The van der Waals surface area contributed by atoms with Crippen LogP contribution < -0.4 is 10.1 Å². The van der Waals surface area contributed by atoms with Crippen molar-refractivity contribution in [3.63, 3.8) is 0 Å². The number of carbonyl (C=O) groups is 1. The second-order valence-corrected chi connectivity index (χ2v) is 4.48. The normalized spacial score (nSPS) is 15.1. The Hall–Kier alpha value is -2.02. The van der Waals surface area contributed by atoms with Crippen molar-refractivity contribution < 1.29 is 9.53 Å². The van der Waals surface area contributed by atoms with Crippen LogP contribution in [-0.4, -0.2) is 18.6 Å². The van der Waals surface area contributed by atoms with Crippen molar-refractivity contribution in [1.29, 1.82) is 5.26 Å². The standard InChI is InChI=1S/C14H16N2O2/c15-9-11-4-3-7-13(8-11)18-10-14(17)16-12-5-1-2-6-12/h3-4,7-8,12H,1-2,5-6,10H2,(H,16,17). The highest BCUT2D eigenvalue weighted by Gasteiger charge is 2.17. The van der Waals surface area contributed by atoms with E-state index in [1.54, 1.807) is 24.3 Å². The SMILES string of the molecule is N#Cc1cccc(OCC(=O)NC2CCCC2)c1. The van der Waals surface area contributed by atoms with E-state index < -0.39 is 0 Å². The predicted octanol–water partition coefficient (Wildman–Crippen LogP) is 2.00. The molecule has 1 aromatic rings. The smallest absolute Gasteiger partial charge is 0.258 e. The molecule has 0 saturated heterocycles. The van der Waals surface area contributed by atoms with Crippen LogP contribution in [0, 0.1) is 11.3 Å². The van der Waals surface area contributed by atoms with Gasteiger partial charge in [-0.05, 0) is 31.0 Å². The molecule has 1 aliphatic rings. The van der Waals surface area contributed by atoms with Crippen molar-refractivity contribution >= 4 is 5.91 Å². The summed E-state index contributed by atoms with van der Waals surface area (Å²) in [6.07, 6.45) is 4.51. The van der Waals surface area contributed by atoms with E-state index in [9.17, 15) is 4.79 Å². The van der Waals surface area contributed by atoms with Gasteiger partial charge < -0.3 is 10.1 Å². The molecule has 0 spiro atoms. The van der Waals surface area contributed by atoms with Gasteiger partial charge in [0.25, 0.3) is 5.91 Å². The van der Waals surface area contributed by atoms with E-state index in [-0.39, 0.29) is 12.5 Å². The summed E-state index contributed by atoms with van der Waals surface area (Å²) in [5.74, 6) is 0.458. The van der Waals surface area contributed by atoms with Gasteiger partial charge in [-0.25, -0.2) is 0 Å². The Balaban J connectivity index is 1.79. The molecule has 0 unspecified atom stereocenters. The van der Waals surface area contributed by atoms with Crippen molar-refractivity contribution in [3.8, 4) is 11.8 Å². The average molecular weight is 244 g/mol. The lowest BCUT2D eigenvalue weighted by atomic mass is 10.2. The fourth-order valence-corrected chi connectivity index (χ4v) is 2.14. The molecular formula is C14H16N2O2. The van der Waals surface area contributed by atoms with Gasteiger partial charge in [-0.3, -0.25) is 4.79 Å². The molecule has 0 heterocycles. The summed E-state index contributed by atoms with van der Waals surface area (Å²) in [5.41, 5.74) is 0.531. The van der Waals surface area contributed by atoms with E-state index in [1.807, 2.05) is 6.07 Å². The summed E-state index contributed by atoms with van der Waals surface area (Å²) in [5, 5.41) is 11.7. The number of hydrogen-bond donors (Lipinski definition) is 1. The lowest BCUT2D eigenvalue weighted by Crippen LogP contribution is -2.36. The van der Waals surface area contributed by atoms with Gasteiger partial charge >= 0.3 is 0 Å². The minimum atomic E-state index is -0.0933. The molecule has 2 rings (SSSR count).